The molecule has 1 fully saturated rings. The second kappa shape index (κ2) is 11.9. The Kier molecular flexibility index (Phi) is 6.75. The number of benzene rings is 8. The quantitative estimate of drug-likeness (QED) is 0.176. The van der Waals surface area contributed by atoms with E-state index in [1.54, 1.807) is 0 Å². The van der Waals surface area contributed by atoms with E-state index in [1.807, 2.05) is 0 Å². The Morgan fingerprint density at radius 3 is 1.75 bits per heavy atom. The third-order valence-corrected chi connectivity index (χ3v) is 13.3. The number of furan rings is 1. The van der Waals surface area contributed by atoms with Crippen LogP contribution in [0.2, 0.25) is 0 Å². The molecule has 3 aliphatic carbocycles. The smallest absolute Gasteiger partial charge is 0.140 e. The molecule has 56 heavy (non-hydrogen) atoms. The van der Waals surface area contributed by atoms with E-state index in [0.717, 1.165) is 38.9 Å². The number of fused-ring (bicyclic) bond motifs is 11. The molecular weight excluding hydrogens is 679 g/mol. The number of para-hydroxylation sites is 2. The minimum Gasteiger partial charge on any atom is -0.456 e. The summed E-state index contributed by atoms with van der Waals surface area (Å²) in [6.07, 6.45) is 4.96. The average Bonchev–Trinajstić information content (AvgIpc) is 4.04. The molecule has 2 nitrogen and oxygen atoms in total. The molecular formula is C54H39NO. The summed E-state index contributed by atoms with van der Waals surface area (Å²) in [6.45, 7) is 0. The van der Waals surface area contributed by atoms with Crippen LogP contribution in [0, 0.1) is 0 Å². The summed E-state index contributed by atoms with van der Waals surface area (Å²) in [7, 11) is 0. The summed E-state index contributed by atoms with van der Waals surface area (Å²) in [5.74, 6) is 0. The van der Waals surface area contributed by atoms with Gasteiger partial charge in [-0.2, -0.15) is 0 Å². The van der Waals surface area contributed by atoms with Crippen LogP contribution >= 0.6 is 0 Å². The van der Waals surface area contributed by atoms with Gasteiger partial charge in [0.1, 0.15) is 11.2 Å². The monoisotopic (exact) mass is 717 g/mol. The van der Waals surface area contributed by atoms with E-state index in [4.69, 9.17) is 4.42 Å². The summed E-state index contributed by atoms with van der Waals surface area (Å²) < 4.78 is 7.23. The molecule has 1 aromatic heterocycles. The van der Waals surface area contributed by atoms with Crippen molar-refractivity contribution in [3.63, 3.8) is 0 Å². The van der Waals surface area contributed by atoms with Crippen molar-refractivity contribution in [2.75, 3.05) is 4.90 Å². The Morgan fingerprint density at radius 2 is 1.02 bits per heavy atom. The molecule has 0 N–H and O–H groups in total. The van der Waals surface area contributed by atoms with Gasteiger partial charge in [0.2, 0.25) is 0 Å². The van der Waals surface area contributed by atoms with Gasteiger partial charge in [0.15, 0.2) is 0 Å². The molecule has 266 valence electrons. The standard InChI is InChI=1S/C54H39NO/c1-3-17-36(18-4-1)54(45-26-11-7-21-39(45)40-22-8-12-27-46(40)54)48-29-15-24-42-41-32-31-38(35-50(41)56-52(42)48)55(37-19-5-2-6-20-37)49-30-16-28-47-51(49)43-23-9-10-25-44(43)53(47)33-13-14-34-53/h1-12,15-32,35H,13-14,33-34H2. The van der Waals surface area contributed by atoms with Crippen LogP contribution < -0.4 is 4.90 Å². The fraction of sp³-hybridized carbons (Fsp3) is 0.111. The predicted octanol–water partition coefficient (Wildman–Crippen LogP) is 14.3. The minimum absolute atomic E-state index is 0.0928. The Bertz CT molecular complexity index is 2940. The summed E-state index contributed by atoms with van der Waals surface area (Å²) in [6, 6.07) is 69.4. The predicted molar refractivity (Wildman–Crippen MR) is 230 cm³/mol. The SMILES string of the molecule is c1ccc(N(c2ccc3c(c2)oc2c(C4(c5ccccc5)c5ccccc5-c5ccccc54)cccc23)c2cccc3c2-c2ccccc2C32CCCC2)cc1. The number of hydrogen-bond acceptors (Lipinski definition) is 2. The van der Waals surface area contributed by atoms with Gasteiger partial charge in [-0.05, 0) is 87.7 Å². The van der Waals surface area contributed by atoms with Gasteiger partial charge >= 0.3 is 0 Å². The molecule has 2 heteroatoms. The highest BCUT2D eigenvalue weighted by Crippen LogP contribution is 2.61. The maximum Gasteiger partial charge on any atom is 0.140 e. The van der Waals surface area contributed by atoms with Crippen molar-refractivity contribution in [1.82, 2.24) is 0 Å². The molecule has 1 heterocycles. The summed E-state index contributed by atoms with van der Waals surface area (Å²) in [5.41, 5.74) is 18.0. The van der Waals surface area contributed by atoms with E-state index in [0.29, 0.717) is 0 Å². The summed E-state index contributed by atoms with van der Waals surface area (Å²) >= 11 is 0. The highest BCUT2D eigenvalue weighted by Gasteiger charge is 2.48. The lowest BCUT2D eigenvalue weighted by Gasteiger charge is -2.33. The van der Waals surface area contributed by atoms with Crippen LogP contribution in [0.3, 0.4) is 0 Å². The van der Waals surface area contributed by atoms with Crippen molar-refractivity contribution in [2.45, 2.75) is 36.5 Å². The zero-order valence-electron chi connectivity index (χ0n) is 31.1. The first kappa shape index (κ1) is 31.7. The second-order valence-corrected chi connectivity index (χ2v) is 15.9. The van der Waals surface area contributed by atoms with Crippen molar-refractivity contribution in [3.8, 4) is 22.3 Å². The Labute approximate surface area is 327 Å². The summed E-state index contributed by atoms with van der Waals surface area (Å²) in [5, 5.41) is 2.25. The molecule has 8 aromatic carbocycles. The van der Waals surface area contributed by atoms with E-state index >= 15 is 0 Å². The van der Waals surface area contributed by atoms with Gasteiger partial charge in [0.25, 0.3) is 0 Å². The Balaban J connectivity index is 1.10. The van der Waals surface area contributed by atoms with Gasteiger partial charge < -0.3 is 9.32 Å². The molecule has 0 radical (unpaired) electrons. The van der Waals surface area contributed by atoms with Crippen LogP contribution in [0.4, 0.5) is 17.1 Å². The molecule has 1 saturated carbocycles. The molecule has 0 saturated heterocycles. The van der Waals surface area contributed by atoms with Gasteiger partial charge in [0.05, 0.1) is 11.1 Å². The topological polar surface area (TPSA) is 16.4 Å². The molecule has 1 spiro atoms. The third kappa shape index (κ3) is 4.16. The number of rotatable bonds is 5. The van der Waals surface area contributed by atoms with Crippen LogP contribution in [0.1, 0.15) is 59.1 Å². The Morgan fingerprint density at radius 1 is 0.429 bits per heavy atom. The van der Waals surface area contributed by atoms with E-state index in [1.165, 1.54) is 81.4 Å². The molecule has 0 aliphatic heterocycles. The molecule has 3 aliphatic rings. The average molecular weight is 718 g/mol. The highest BCUT2D eigenvalue weighted by atomic mass is 16.3. The molecule has 0 bridgehead atoms. The molecule has 12 rings (SSSR count). The van der Waals surface area contributed by atoms with Gasteiger partial charge in [-0.25, -0.2) is 0 Å². The Hall–Kier alpha value is -6.64. The first-order valence-electron chi connectivity index (χ1n) is 20.1. The maximum absolute atomic E-state index is 7.23. The number of anilines is 3. The lowest BCUT2D eigenvalue weighted by atomic mass is 9.67. The van der Waals surface area contributed by atoms with E-state index in [2.05, 4.69) is 193 Å². The van der Waals surface area contributed by atoms with Crippen molar-refractivity contribution in [1.29, 1.82) is 0 Å². The van der Waals surface area contributed by atoms with Crippen LogP contribution in [0.5, 0.6) is 0 Å². The molecule has 0 atom stereocenters. The molecule has 9 aromatic rings. The van der Waals surface area contributed by atoms with E-state index in [-0.39, 0.29) is 5.41 Å². The van der Waals surface area contributed by atoms with Gasteiger partial charge in [-0.1, -0.05) is 165 Å². The highest BCUT2D eigenvalue weighted by molar-refractivity contribution is 6.09. The van der Waals surface area contributed by atoms with E-state index < -0.39 is 5.41 Å². The fourth-order valence-corrected chi connectivity index (χ4v) is 11.1. The first-order chi connectivity index (χ1) is 27.8. The van der Waals surface area contributed by atoms with Crippen molar-refractivity contribution >= 4 is 39.0 Å². The summed E-state index contributed by atoms with van der Waals surface area (Å²) in [4.78, 5) is 2.45. The normalized spacial score (nSPS) is 15.5. The zero-order chi connectivity index (χ0) is 36.8. The molecule has 0 amide bonds. The van der Waals surface area contributed by atoms with Crippen LogP contribution in [-0.4, -0.2) is 0 Å². The van der Waals surface area contributed by atoms with Crippen molar-refractivity contribution < 1.29 is 4.42 Å². The molecule has 0 unspecified atom stereocenters. The van der Waals surface area contributed by atoms with Crippen LogP contribution in [0.15, 0.2) is 192 Å². The fourth-order valence-electron chi connectivity index (χ4n) is 11.1. The second-order valence-electron chi connectivity index (χ2n) is 15.9. The third-order valence-electron chi connectivity index (χ3n) is 13.3. The number of hydrogen-bond donors (Lipinski definition) is 0. The van der Waals surface area contributed by atoms with Crippen molar-refractivity contribution in [2.24, 2.45) is 0 Å². The van der Waals surface area contributed by atoms with Crippen LogP contribution in [0.25, 0.3) is 44.2 Å². The van der Waals surface area contributed by atoms with Gasteiger partial charge in [-0.15, -0.1) is 0 Å². The van der Waals surface area contributed by atoms with Crippen molar-refractivity contribution in [3.05, 3.63) is 221 Å². The van der Waals surface area contributed by atoms with Crippen LogP contribution in [-0.2, 0) is 10.8 Å². The van der Waals surface area contributed by atoms with Gasteiger partial charge in [0, 0.05) is 44.8 Å². The first-order valence-corrected chi connectivity index (χ1v) is 20.1. The lowest BCUT2D eigenvalue weighted by molar-refractivity contribution is 0.550. The van der Waals surface area contributed by atoms with E-state index in [9.17, 15) is 0 Å². The zero-order valence-corrected chi connectivity index (χ0v) is 31.1. The lowest BCUT2D eigenvalue weighted by Crippen LogP contribution is -2.28. The van der Waals surface area contributed by atoms with Gasteiger partial charge in [-0.3, -0.25) is 0 Å². The maximum atomic E-state index is 7.23. The minimum atomic E-state index is -0.547. The number of nitrogens with zero attached hydrogens (tertiary/aromatic N) is 1. The largest absolute Gasteiger partial charge is 0.456 e.